The van der Waals surface area contributed by atoms with E-state index in [0.717, 1.165) is 31.1 Å². The number of hydrogen-bond donors (Lipinski definition) is 1. The molecular formula is C12H22N4O2. The summed E-state index contributed by atoms with van der Waals surface area (Å²) < 4.78 is 10.2. The van der Waals surface area contributed by atoms with Gasteiger partial charge in [0.1, 0.15) is 0 Å². The van der Waals surface area contributed by atoms with Crippen LogP contribution in [-0.4, -0.2) is 57.8 Å². The molecule has 0 aromatic carbocycles. The van der Waals surface area contributed by atoms with Gasteiger partial charge in [-0.1, -0.05) is 0 Å². The Morgan fingerprint density at radius 1 is 1.11 bits per heavy atom. The van der Waals surface area contributed by atoms with E-state index in [2.05, 4.69) is 20.4 Å². The molecule has 6 nitrogen and oxygen atoms in total. The molecule has 1 rings (SSSR count). The molecule has 0 fully saturated rings. The molecule has 0 unspecified atom stereocenters. The van der Waals surface area contributed by atoms with Gasteiger partial charge >= 0.3 is 0 Å². The van der Waals surface area contributed by atoms with Crippen LogP contribution in [0.1, 0.15) is 5.69 Å². The Bertz CT molecular complexity index is 310. The van der Waals surface area contributed by atoms with E-state index in [4.69, 9.17) is 9.47 Å². The topological polar surface area (TPSA) is 59.5 Å². The summed E-state index contributed by atoms with van der Waals surface area (Å²) in [4.78, 5) is 2.10. The molecule has 0 spiro atoms. The lowest BCUT2D eigenvalue weighted by Crippen LogP contribution is -2.31. The Hall–Kier alpha value is -1.24. The number of methoxy groups -OCH3 is 2. The second-order valence-electron chi connectivity index (χ2n) is 3.89. The lowest BCUT2D eigenvalue weighted by Gasteiger charge is -2.22. The Kier molecular flexibility index (Phi) is 7.24. The number of rotatable bonds is 9. The van der Waals surface area contributed by atoms with E-state index in [1.807, 2.05) is 19.2 Å². The van der Waals surface area contributed by atoms with Gasteiger partial charge in [-0.25, -0.2) is 0 Å². The lowest BCUT2D eigenvalue weighted by molar-refractivity contribution is 0.190. The highest BCUT2D eigenvalue weighted by molar-refractivity contribution is 5.37. The fourth-order valence-corrected chi connectivity index (χ4v) is 1.54. The SMILES string of the molecule is CNCc1ccc(N(CCOC)CCOC)nn1. The third-order valence-corrected chi connectivity index (χ3v) is 2.52. The number of anilines is 1. The quantitative estimate of drug-likeness (QED) is 0.684. The van der Waals surface area contributed by atoms with Gasteiger partial charge in [-0.05, 0) is 19.2 Å². The van der Waals surface area contributed by atoms with Gasteiger partial charge in [0.2, 0.25) is 0 Å². The molecular weight excluding hydrogens is 232 g/mol. The van der Waals surface area contributed by atoms with Crippen LogP contribution in [0.2, 0.25) is 0 Å². The summed E-state index contributed by atoms with van der Waals surface area (Å²) in [6, 6.07) is 3.95. The lowest BCUT2D eigenvalue weighted by atomic mass is 10.3. The summed E-state index contributed by atoms with van der Waals surface area (Å²) in [5.74, 6) is 0.851. The zero-order valence-electron chi connectivity index (χ0n) is 11.3. The summed E-state index contributed by atoms with van der Waals surface area (Å²) in [5, 5.41) is 11.4. The van der Waals surface area contributed by atoms with Crippen LogP contribution in [-0.2, 0) is 16.0 Å². The van der Waals surface area contributed by atoms with Gasteiger partial charge in [0.05, 0.1) is 18.9 Å². The molecule has 0 saturated carbocycles. The summed E-state index contributed by atoms with van der Waals surface area (Å²) in [7, 11) is 5.27. The highest BCUT2D eigenvalue weighted by atomic mass is 16.5. The van der Waals surface area contributed by atoms with Crippen molar-refractivity contribution in [2.45, 2.75) is 6.54 Å². The van der Waals surface area contributed by atoms with Gasteiger partial charge in [0.25, 0.3) is 0 Å². The first kappa shape index (κ1) is 14.8. The maximum atomic E-state index is 5.10. The van der Waals surface area contributed by atoms with Crippen molar-refractivity contribution in [2.75, 3.05) is 52.5 Å². The minimum atomic E-state index is 0.656. The Morgan fingerprint density at radius 2 is 1.78 bits per heavy atom. The van der Waals surface area contributed by atoms with Crippen LogP contribution in [0, 0.1) is 0 Å². The highest BCUT2D eigenvalue weighted by Gasteiger charge is 2.08. The molecule has 18 heavy (non-hydrogen) atoms. The molecule has 0 saturated heterocycles. The molecule has 0 atom stereocenters. The van der Waals surface area contributed by atoms with Gasteiger partial charge in [-0.3, -0.25) is 0 Å². The van der Waals surface area contributed by atoms with Gasteiger partial charge in [-0.15, -0.1) is 5.10 Å². The molecule has 1 aromatic heterocycles. The van der Waals surface area contributed by atoms with E-state index in [-0.39, 0.29) is 0 Å². The van der Waals surface area contributed by atoms with Crippen LogP contribution in [0.15, 0.2) is 12.1 Å². The summed E-state index contributed by atoms with van der Waals surface area (Å²) in [6.07, 6.45) is 0. The molecule has 1 aromatic rings. The molecule has 0 bridgehead atoms. The monoisotopic (exact) mass is 254 g/mol. The van der Waals surface area contributed by atoms with Gasteiger partial charge in [0, 0.05) is 33.9 Å². The Morgan fingerprint density at radius 3 is 2.22 bits per heavy atom. The van der Waals surface area contributed by atoms with Crippen LogP contribution in [0.4, 0.5) is 5.82 Å². The highest BCUT2D eigenvalue weighted by Crippen LogP contribution is 2.09. The van der Waals surface area contributed by atoms with Crippen LogP contribution in [0.5, 0.6) is 0 Å². The zero-order chi connectivity index (χ0) is 13.2. The second-order valence-corrected chi connectivity index (χ2v) is 3.89. The first-order chi connectivity index (χ1) is 8.81. The van der Waals surface area contributed by atoms with Crippen molar-refractivity contribution in [2.24, 2.45) is 0 Å². The van der Waals surface area contributed by atoms with Crippen molar-refractivity contribution < 1.29 is 9.47 Å². The largest absolute Gasteiger partial charge is 0.383 e. The van der Waals surface area contributed by atoms with E-state index < -0.39 is 0 Å². The number of ether oxygens (including phenoxy) is 2. The average molecular weight is 254 g/mol. The molecule has 6 heteroatoms. The van der Waals surface area contributed by atoms with E-state index in [9.17, 15) is 0 Å². The molecule has 0 aliphatic rings. The minimum absolute atomic E-state index is 0.656. The normalized spacial score (nSPS) is 10.6. The summed E-state index contributed by atoms with van der Waals surface area (Å²) in [6.45, 7) is 3.59. The van der Waals surface area contributed by atoms with E-state index in [1.165, 1.54) is 0 Å². The maximum Gasteiger partial charge on any atom is 0.151 e. The first-order valence-corrected chi connectivity index (χ1v) is 6.01. The number of nitrogens with zero attached hydrogens (tertiary/aromatic N) is 3. The van der Waals surface area contributed by atoms with Crippen molar-refractivity contribution in [1.82, 2.24) is 15.5 Å². The summed E-state index contributed by atoms with van der Waals surface area (Å²) >= 11 is 0. The van der Waals surface area contributed by atoms with Gasteiger partial charge in [0.15, 0.2) is 5.82 Å². The molecule has 0 aliphatic heterocycles. The van der Waals surface area contributed by atoms with Crippen molar-refractivity contribution in [3.8, 4) is 0 Å². The first-order valence-electron chi connectivity index (χ1n) is 6.01. The third kappa shape index (κ3) is 4.95. The van der Waals surface area contributed by atoms with E-state index in [1.54, 1.807) is 14.2 Å². The average Bonchev–Trinajstić information content (AvgIpc) is 2.41. The predicted molar refractivity (Wildman–Crippen MR) is 70.8 cm³/mol. The number of aromatic nitrogens is 2. The van der Waals surface area contributed by atoms with E-state index in [0.29, 0.717) is 13.2 Å². The number of hydrogen-bond acceptors (Lipinski definition) is 6. The van der Waals surface area contributed by atoms with Gasteiger partial charge in [-0.2, -0.15) is 5.10 Å². The molecule has 1 N–H and O–H groups in total. The Labute approximate surface area is 108 Å². The smallest absolute Gasteiger partial charge is 0.151 e. The van der Waals surface area contributed by atoms with Crippen molar-refractivity contribution >= 4 is 5.82 Å². The summed E-state index contributed by atoms with van der Waals surface area (Å²) in [5.41, 5.74) is 0.930. The van der Waals surface area contributed by atoms with Crippen LogP contribution in [0.25, 0.3) is 0 Å². The zero-order valence-corrected chi connectivity index (χ0v) is 11.3. The fraction of sp³-hybridized carbons (Fsp3) is 0.667. The van der Waals surface area contributed by atoms with Crippen molar-refractivity contribution in [3.05, 3.63) is 17.8 Å². The molecule has 102 valence electrons. The maximum absolute atomic E-state index is 5.10. The van der Waals surface area contributed by atoms with Crippen LogP contribution < -0.4 is 10.2 Å². The molecule has 0 aliphatic carbocycles. The van der Waals surface area contributed by atoms with Crippen LogP contribution >= 0.6 is 0 Å². The standard InChI is InChI=1S/C12H22N4O2/c1-13-10-11-4-5-12(15-14-11)16(6-8-17-2)7-9-18-3/h4-5,13H,6-10H2,1-3H3. The predicted octanol–water partition coefficient (Wildman–Crippen LogP) is 0.295. The Balaban J connectivity index is 2.64. The number of nitrogens with one attached hydrogen (secondary N) is 1. The second kappa shape index (κ2) is 8.79. The molecule has 0 radical (unpaired) electrons. The van der Waals surface area contributed by atoms with Crippen molar-refractivity contribution in [1.29, 1.82) is 0 Å². The van der Waals surface area contributed by atoms with E-state index >= 15 is 0 Å². The molecule has 0 amide bonds. The molecule has 1 heterocycles. The third-order valence-electron chi connectivity index (χ3n) is 2.52. The van der Waals surface area contributed by atoms with Crippen LogP contribution in [0.3, 0.4) is 0 Å². The van der Waals surface area contributed by atoms with Gasteiger partial charge < -0.3 is 19.7 Å². The van der Waals surface area contributed by atoms with Crippen molar-refractivity contribution in [3.63, 3.8) is 0 Å². The minimum Gasteiger partial charge on any atom is -0.383 e. The fourth-order valence-electron chi connectivity index (χ4n) is 1.54.